The van der Waals surface area contributed by atoms with Crippen LogP contribution in [0.3, 0.4) is 0 Å². The molecule has 0 saturated heterocycles. The Bertz CT molecular complexity index is 167. The second-order valence-corrected chi connectivity index (χ2v) is 3.39. The molecule has 1 N–H and O–H groups in total. The molecule has 0 atom stereocenters. The molecule has 62 valence electrons. The molecule has 1 heteroatoms. The smallest absolute Gasteiger partial charge is 0.0756 e. The van der Waals surface area contributed by atoms with E-state index in [0.29, 0.717) is 6.42 Å². The molecule has 1 rings (SSSR count). The fraction of sp³-hybridized carbons (Fsp3) is 0.800. The van der Waals surface area contributed by atoms with Gasteiger partial charge in [-0.15, -0.1) is 11.8 Å². The molecule has 0 spiro atoms. The van der Waals surface area contributed by atoms with Crippen molar-refractivity contribution in [3.63, 3.8) is 0 Å². The third-order valence-electron chi connectivity index (χ3n) is 2.38. The molecule has 1 aliphatic rings. The van der Waals surface area contributed by atoms with Gasteiger partial charge in [-0.2, -0.15) is 0 Å². The lowest BCUT2D eigenvalue weighted by atomic mass is 9.83. The molecule has 1 saturated carbocycles. The normalized spacial score (nSPS) is 22.0. The molecule has 0 radical (unpaired) electrons. The first kappa shape index (κ1) is 8.62. The first-order chi connectivity index (χ1) is 5.27. The van der Waals surface area contributed by atoms with Crippen LogP contribution in [0.2, 0.25) is 0 Å². The average molecular weight is 152 g/mol. The second kappa shape index (κ2) is 3.78. The fourth-order valence-corrected chi connectivity index (χ4v) is 1.64. The van der Waals surface area contributed by atoms with E-state index in [2.05, 4.69) is 11.8 Å². The van der Waals surface area contributed by atoms with E-state index in [9.17, 15) is 5.11 Å². The van der Waals surface area contributed by atoms with Gasteiger partial charge in [-0.3, -0.25) is 0 Å². The topological polar surface area (TPSA) is 20.2 Å². The van der Waals surface area contributed by atoms with Crippen molar-refractivity contribution >= 4 is 0 Å². The number of hydrogen-bond acceptors (Lipinski definition) is 1. The lowest BCUT2D eigenvalue weighted by Crippen LogP contribution is -2.30. The minimum absolute atomic E-state index is 0.443. The summed E-state index contributed by atoms with van der Waals surface area (Å²) in [5, 5.41) is 9.90. The number of aliphatic hydroxyl groups is 1. The average Bonchev–Trinajstić information content (AvgIpc) is 2.03. The van der Waals surface area contributed by atoms with Gasteiger partial charge >= 0.3 is 0 Å². The maximum atomic E-state index is 9.90. The van der Waals surface area contributed by atoms with Crippen molar-refractivity contribution in [3.8, 4) is 11.8 Å². The van der Waals surface area contributed by atoms with E-state index in [4.69, 9.17) is 0 Å². The summed E-state index contributed by atoms with van der Waals surface area (Å²) in [4.78, 5) is 0. The predicted molar refractivity (Wildman–Crippen MR) is 46.1 cm³/mol. The highest BCUT2D eigenvalue weighted by atomic mass is 16.3. The van der Waals surface area contributed by atoms with E-state index in [1.165, 1.54) is 19.3 Å². The number of rotatable bonds is 1. The van der Waals surface area contributed by atoms with Crippen molar-refractivity contribution < 1.29 is 5.11 Å². The van der Waals surface area contributed by atoms with Gasteiger partial charge in [0.25, 0.3) is 0 Å². The Morgan fingerprint density at radius 3 is 2.45 bits per heavy atom. The predicted octanol–water partition coefficient (Wildman–Crippen LogP) is 2.09. The summed E-state index contributed by atoms with van der Waals surface area (Å²) < 4.78 is 0. The van der Waals surface area contributed by atoms with E-state index >= 15 is 0 Å². The van der Waals surface area contributed by atoms with Crippen molar-refractivity contribution in [2.75, 3.05) is 0 Å². The van der Waals surface area contributed by atoms with E-state index in [1.807, 2.05) is 6.92 Å². The molecule has 0 unspecified atom stereocenters. The van der Waals surface area contributed by atoms with Crippen molar-refractivity contribution in [1.82, 2.24) is 0 Å². The molecular formula is C10H16O. The van der Waals surface area contributed by atoms with Gasteiger partial charge in [0.2, 0.25) is 0 Å². The molecule has 0 amide bonds. The van der Waals surface area contributed by atoms with Crippen LogP contribution in [0, 0.1) is 11.8 Å². The Morgan fingerprint density at radius 2 is 1.91 bits per heavy atom. The Balaban J connectivity index is 2.41. The highest BCUT2D eigenvalue weighted by molar-refractivity contribution is 5.02. The highest BCUT2D eigenvalue weighted by Gasteiger charge is 2.27. The second-order valence-electron chi connectivity index (χ2n) is 3.39. The van der Waals surface area contributed by atoms with Gasteiger partial charge in [0.15, 0.2) is 0 Å². The van der Waals surface area contributed by atoms with Crippen LogP contribution in [0.15, 0.2) is 0 Å². The largest absolute Gasteiger partial charge is 0.389 e. The molecule has 0 aromatic rings. The third-order valence-corrected chi connectivity index (χ3v) is 2.38. The molecule has 1 fully saturated rings. The summed E-state index contributed by atoms with van der Waals surface area (Å²) in [6, 6.07) is 0. The Kier molecular flexibility index (Phi) is 2.96. The minimum Gasteiger partial charge on any atom is -0.389 e. The summed E-state index contributed by atoms with van der Waals surface area (Å²) in [6.45, 7) is 1.83. The van der Waals surface area contributed by atoms with Gasteiger partial charge in [0, 0.05) is 6.42 Å². The standard InChI is InChI=1S/C10H16O/c1-2-3-7-10(11)8-5-4-6-9-10/h11H,4-9H2,1H3. The molecule has 0 aliphatic heterocycles. The summed E-state index contributed by atoms with van der Waals surface area (Å²) in [5.41, 5.74) is -0.443. The van der Waals surface area contributed by atoms with Crippen LogP contribution in [0.5, 0.6) is 0 Å². The van der Waals surface area contributed by atoms with E-state index in [-0.39, 0.29) is 0 Å². The van der Waals surface area contributed by atoms with Crippen LogP contribution in [-0.2, 0) is 0 Å². The van der Waals surface area contributed by atoms with E-state index in [1.54, 1.807) is 0 Å². The van der Waals surface area contributed by atoms with Crippen LogP contribution >= 0.6 is 0 Å². The monoisotopic (exact) mass is 152 g/mol. The summed E-state index contributed by atoms with van der Waals surface area (Å²) in [6.07, 6.45) is 6.18. The lowest BCUT2D eigenvalue weighted by molar-refractivity contribution is 0.00894. The zero-order valence-corrected chi connectivity index (χ0v) is 7.19. The summed E-state index contributed by atoms with van der Waals surface area (Å²) in [5.74, 6) is 5.79. The molecule has 1 aliphatic carbocycles. The highest BCUT2D eigenvalue weighted by Crippen LogP contribution is 2.30. The van der Waals surface area contributed by atoms with Crippen LogP contribution in [0.1, 0.15) is 45.4 Å². The van der Waals surface area contributed by atoms with Gasteiger partial charge in [-0.1, -0.05) is 19.3 Å². The first-order valence-corrected chi connectivity index (χ1v) is 4.39. The zero-order chi connectivity index (χ0) is 8.16. The van der Waals surface area contributed by atoms with Crippen LogP contribution < -0.4 is 0 Å². The van der Waals surface area contributed by atoms with E-state index < -0.39 is 5.60 Å². The van der Waals surface area contributed by atoms with Gasteiger partial charge in [0.05, 0.1) is 5.60 Å². The molecule has 0 bridgehead atoms. The maximum absolute atomic E-state index is 9.90. The molecule has 0 heterocycles. The van der Waals surface area contributed by atoms with Crippen molar-refractivity contribution in [1.29, 1.82) is 0 Å². The SMILES string of the molecule is CC#CCC1(O)CCCCC1. The Morgan fingerprint density at radius 1 is 1.27 bits per heavy atom. The molecule has 0 aromatic carbocycles. The molecule has 11 heavy (non-hydrogen) atoms. The Labute approximate surface area is 68.8 Å². The van der Waals surface area contributed by atoms with Crippen LogP contribution in [0.25, 0.3) is 0 Å². The van der Waals surface area contributed by atoms with Gasteiger partial charge in [0.1, 0.15) is 0 Å². The van der Waals surface area contributed by atoms with Gasteiger partial charge in [-0.25, -0.2) is 0 Å². The summed E-state index contributed by atoms with van der Waals surface area (Å²) >= 11 is 0. The molecular weight excluding hydrogens is 136 g/mol. The fourth-order valence-electron chi connectivity index (χ4n) is 1.64. The van der Waals surface area contributed by atoms with Crippen LogP contribution in [-0.4, -0.2) is 10.7 Å². The molecule has 0 aromatic heterocycles. The van der Waals surface area contributed by atoms with Crippen molar-refractivity contribution in [2.24, 2.45) is 0 Å². The minimum atomic E-state index is -0.443. The lowest BCUT2D eigenvalue weighted by Gasteiger charge is -2.30. The zero-order valence-electron chi connectivity index (χ0n) is 7.19. The quantitative estimate of drug-likeness (QED) is 0.570. The van der Waals surface area contributed by atoms with Crippen molar-refractivity contribution in [3.05, 3.63) is 0 Å². The number of hydrogen-bond donors (Lipinski definition) is 1. The first-order valence-electron chi connectivity index (χ1n) is 4.39. The van der Waals surface area contributed by atoms with Gasteiger partial charge < -0.3 is 5.11 Å². The van der Waals surface area contributed by atoms with E-state index in [0.717, 1.165) is 12.8 Å². The van der Waals surface area contributed by atoms with Crippen molar-refractivity contribution in [2.45, 2.75) is 51.0 Å². The third kappa shape index (κ3) is 2.55. The molecule has 1 nitrogen and oxygen atoms in total. The Hall–Kier alpha value is -0.480. The maximum Gasteiger partial charge on any atom is 0.0756 e. The van der Waals surface area contributed by atoms with Gasteiger partial charge in [-0.05, 0) is 19.8 Å². The van der Waals surface area contributed by atoms with Crippen LogP contribution in [0.4, 0.5) is 0 Å². The summed E-state index contributed by atoms with van der Waals surface area (Å²) in [7, 11) is 0.